The molecule has 0 spiro atoms. The molecule has 0 saturated carbocycles. The maximum atomic E-state index is 12.6. The minimum Gasteiger partial charge on any atom is -0.467 e. The van der Waals surface area contributed by atoms with Gasteiger partial charge in [0.1, 0.15) is 12.3 Å². The zero-order valence-electron chi connectivity index (χ0n) is 14.2. The van der Waals surface area contributed by atoms with Crippen molar-refractivity contribution in [3.8, 4) is 0 Å². The third kappa shape index (κ3) is 4.10. The number of aromatic nitrogens is 2. The molecule has 0 atom stereocenters. The Labute approximate surface area is 147 Å². The molecule has 1 aliphatic rings. The number of likely N-dealkylation sites (N-methyl/N-ethyl adjacent to an activating group) is 1. The van der Waals surface area contributed by atoms with Crippen molar-refractivity contribution in [2.75, 3.05) is 20.1 Å². The molecule has 136 valence electrons. The van der Waals surface area contributed by atoms with E-state index in [0.717, 1.165) is 19.3 Å². The molecular formula is C16H22N4O4S. The van der Waals surface area contributed by atoms with Crippen molar-refractivity contribution in [3.63, 3.8) is 0 Å². The third-order valence-corrected chi connectivity index (χ3v) is 6.03. The summed E-state index contributed by atoms with van der Waals surface area (Å²) >= 11 is 0. The second-order valence-corrected chi connectivity index (χ2v) is 8.06. The van der Waals surface area contributed by atoms with E-state index in [1.165, 1.54) is 26.3 Å². The van der Waals surface area contributed by atoms with Crippen LogP contribution in [0.5, 0.6) is 0 Å². The first-order valence-corrected chi connectivity index (χ1v) is 9.69. The van der Waals surface area contributed by atoms with Crippen LogP contribution >= 0.6 is 0 Å². The number of carbonyl (C=O) groups is 1. The van der Waals surface area contributed by atoms with Gasteiger partial charge in [0, 0.05) is 26.3 Å². The van der Waals surface area contributed by atoms with E-state index in [1.807, 2.05) is 0 Å². The number of hydrogen-bond acceptors (Lipinski definition) is 5. The highest BCUT2D eigenvalue weighted by Crippen LogP contribution is 2.19. The van der Waals surface area contributed by atoms with Gasteiger partial charge in [0.15, 0.2) is 5.03 Å². The van der Waals surface area contributed by atoms with Crippen LogP contribution in [0.1, 0.15) is 25.0 Å². The summed E-state index contributed by atoms with van der Waals surface area (Å²) in [6.45, 7) is 1.44. The minimum atomic E-state index is -3.58. The first-order valence-electron chi connectivity index (χ1n) is 8.25. The highest BCUT2D eigenvalue weighted by molar-refractivity contribution is 7.89. The van der Waals surface area contributed by atoms with Crippen molar-refractivity contribution in [1.82, 2.24) is 18.8 Å². The van der Waals surface area contributed by atoms with E-state index >= 15 is 0 Å². The molecule has 1 saturated heterocycles. The fraction of sp³-hybridized carbons (Fsp3) is 0.500. The number of imidazole rings is 1. The van der Waals surface area contributed by atoms with E-state index in [1.54, 1.807) is 25.4 Å². The highest BCUT2D eigenvalue weighted by Gasteiger charge is 2.28. The molecule has 0 N–H and O–H groups in total. The third-order valence-electron chi connectivity index (χ3n) is 4.25. The molecule has 9 heteroatoms. The van der Waals surface area contributed by atoms with Gasteiger partial charge in [0.25, 0.3) is 10.0 Å². The predicted octanol–water partition coefficient (Wildman–Crippen LogP) is 1.31. The molecule has 3 rings (SSSR count). The normalized spacial score (nSPS) is 16.0. The van der Waals surface area contributed by atoms with Crippen LogP contribution in [0, 0.1) is 0 Å². The van der Waals surface area contributed by atoms with E-state index in [2.05, 4.69) is 4.98 Å². The highest BCUT2D eigenvalue weighted by atomic mass is 32.2. The predicted molar refractivity (Wildman–Crippen MR) is 90.0 cm³/mol. The Hall–Kier alpha value is -2.13. The number of hydrogen-bond donors (Lipinski definition) is 0. The van der Waals surface area contributed by atoms with Gasteiger partial charge in [-0.3, -0.25) is 4.79 Å². The summed E-state index contributed by atoms with van der Waals surface area (Å²) in [5.41, 5.74) is 0. The van der Waals surface area contributed by atoms with E-state index in [0.29, 0.717) is 25.4 Å². The molecule has 1 aliphatic heterocycles. The number of rotatable bonds is 6. The number of piperidine rings is 1. The molecule has 2 aromatic heterocycles. The molecule has 1 fully saturated rings. The van der Waals surface area contributed by atoms with Crippen LogP contribution in [-0.2, 0) is 27.9 Å². The average Bonchev–Trinajstić information content (AvgIpc) is 3.27. The van der Waals surface area contributed by atoms with Gasteiger partial charge in [0.05, 0.1) is 19.1 Å². The fourth-order valence-corrected chi connectivity index (χ4v) is 4.25. The molecule has 25 heavy (non-hydrogen) atoms. The SMILES string of the molecule is CN(Cc1ccco1)C(=O)Cn1cnc(S(=O)(=O)N2CCCCC2)c1. The fourth-order valence-electron chi connectivity index (χ4n) is 2.80. The Kier molecular flexibility index (Phi) is 5.24. The first kappa shape index (κ1) is 17.7. The summed E-state index contributed by atoms with van der Waals surface area (Å²) in [4.78, 5) is 17.8. The van der Waals surface area contributed by atoms with Gasteiger partial charge in [-0.05, 0) is 25.0 Å². The van der Waals surface area contributed by atoms with E-state index < -0.39 is 10.0 Å². The van der Waals surface area contributed by atoms with Crippen molar-refractivity contribution in [2.24, 2.45) is 0 Å². The molecule has 0 aliphatic carbocycles. The van der Waals surface area contributed by atoms with Crippen LogP contribution in [0.3, 0.4) is 0 Å². The number of nitrogens with zero attached hydrogens (tertiary/aromatic N) is 4. The van der Waals surface area contributed by atoms with Crippen LogP contribution < -0.4 is 0 Å². The van der Waals surface area contributed by atoms with E-state index in [4.69, 9.17) is 4.42 Å². The van der Waals surface area contributed by atoms with Gasteiger partial charge in [-0.15, -0.1) is 0 Å². The lowest BCUT2D eigenvalue weighted by molar-refractivity contribution is -0.131. The summed E-state index contributed by atoms with van der Waals surface area (Å²) in [6.07, 6.45) is 7.16. The average molecular weight is 366 g/mol. The lowest BCUT2D eigenvalue weighted by Crippen LogP contribution is -2.35. The maximum absolute atomic E-state index is 12.6. The Morgan fingerprint density at radius 2 is 2.08 bits per heavy atom. The van der Waals surface area contributed by atoms with Crippen molar-refractivity contribution in [1.29, 1.82) is 0 Å². The number of carbonyl (C=O) groups excluding carboxylic acids is 1. The summed E-state index contributed by atoms with van der Waals surface area (Å²) in [7, 11) is -1.90. The molecule has 3 heterocycles. The van der Waals surface area contributed by atoms with Crippen LogP contribution in [-0.4, -0.2) is 53.2 Å². The van der Waals surface area contributed by atoms with Crippen molar-refractivity contribution < 1.29 is 17.6 Å². The summed E-state index contributed by atoms with van der Waals surface area (Å²) in [5, 5.41) is -0.00381. The zero-order valence-corrected chi connectivity index (χ0v) is 15.0. The summed E-state index contributed by atoms with van der Waals surface area (Å²) in [5.74, 6) is 0.533. The smallest absolute Gasteiger partial charge is 0.262 e. The Morgan fingerprint density at radius 3 is 2.76 bits per heavy atom. The quantitative estimate of drug-likeness (QED) is 0.769. The molecule has 0 unspecified atom stereocenters. The van der Waals surface area contributed by atoms with Gasteiger partial charge >= 0.3 is 0 Å². The standard InChI is InChI=1S/C16H22N4O4S/c1-18(10-14-6-5-9-24-14)16(21)12-19-11-15(17-13-19)25(22,23)20-7-3-2-4-8-20/h5-6,9,11,13H,2-4,7-8,10,12H2,1H3. The molecular weight excluding hydrogens is 344 g/mol. The molecule has 1 amide bonds. The molecule has 0 aromatic carbocycles. The largest absolute Gasteiger partial charge is 0.467 e. The van der Waals surface area contributed by atoms with Gasteiger partial charge in [-0.2, -0.15) is 4.31 Å². The minimum absolute atomic E-state index is 0.00381. The number of furan rings is 1. The van der Waals surface area contributed by atoms with Crippen molar-refractivity contribution >= 4 is 15.9 Å². The van der Waals surface area contributed by atoms with E-state index in [-0.39, 0.29) is 17.5 Å². The van der Waals surface area contributed by atoms with Crippen LogP contribution in [0.4, 0.5) is 0 Å². The Bertz CT molecular complexity index is 807. The van der Waals surface area contributed by atoms with Gasteiger partial charge in [-0.1, -0.05) is 6.42 Å². The van der Waals surface area contributed by atoms with Crippen LogP contribution in [0.15, 0.2) is 40.4 Å². The Morgan fingerprint density at radius 1 is 1.32 bits per heavy atom. The maximum Gasteiger partial charge on any atom is 0.262 e. The molecule has 8 nitrogen and oxygen atoms in total. The lowest BCUT2D eigenvalue weighted by Gasteiger charge is -2.24. The number of sulfonamides is 1. The number of amides is 1. The van der Waals surface area contributed by atoms with Crippen molar-refractivity contribution in [2.45, 2.75) is 37.4 Å². The second kappa shape index (κ2) is 7.40. The van der Waals surface area contributed by atoms with Crippen molar-refractivity contribution in [3.05, 3.63) is 36.7 Å². The second-order valence-electron chi connectivity index (χ2n) is 6.18. The van der Waals surface area contributed by atoms with Crippen LogP contribution in [0.2, 0.25) is 0 Å². The summed E-state index contributed by atoms with van der Waals surface area (Å²) in [6, 6.07) is 3.56. The Balaban J connectivity index is 1.63. The lowest BCUT2D eigenvalue weighted by atomic mass is 10.2. The van der Waals surface area contributed by atoms with Crippen LogP contribution in [0.25, 0.3) is 0 Å². The molecule has 2 aromatic rings. The topological polar surface area (TPSA) is 88.6 Å². The van der Waals surface area contributed by atoms with Gasteiger partial charge in [-0.25, -0.2) is 13.4 Å². The van der Waals surface area contributed by atoms with E-state index in [9.17, 15) is 13.2 Å². The van der Waals surface area contributed by atoms with Gasteiger partial charge < -0.3 is 13.9 Å². The summed E-state index contributed by atoms with van der Waals surface area (Å²) < 4.78 is 33.3. The first-order chi connectivity index (χ1) is 12.0. The monoisotopic (exact) mass is 366 g/mol. The molecule has 0 bridgehead atoms. The zero-order chi connectivity index (χ0) is 17.9. The molecule has 0 radical (unpaired) electrons. The van der Waals surface area contributed by atoms with Gasteiger partial charge in [0.2, 0.25) is 5.91 Å².